The molecule has 0 spiro atoms. The minimum absolute atomic E-state index is 0.0287. The first kappa shape index (κ1) is 14.6. The smallest absolute Gasteiger partial charge is 0.307 e. The number of methoxy groups -OCH3 is 1. The predicted octanol–water partition coefficient (Wildman–Crippen LogP) is 2.97. The summed E-state index contributed by atoms with van der Waals surface area (Å²) in [6.07, 6.45) is 1.19. The number of carboxylic acid groups (broad SMARTS) is 1. The lowest BCUT2D eigenvalue weighted by Gasteiger charge is -2.12. The third-order valence-corrected chi connectivity index (χ3v) is 4.16. The van der Waals surface area contributed by atoms with Crippen molar-refractivity contribution in [1.82, 2.24) is 0 Å². The molecule has 1 atom stereocenters. The Hall–Kier alpha value is -2.33. The molecule has 0 unspecified atom stereocenters. The number of carbonyl (C=O) groups is 1. The Labute approximate surface area is 129 Å². The summed E-state index contributed by atoms with van der Waals surface area (Å²) in [5.74, 6) is -0.160. The summed E-state index contributed by atoms with van der Waals surface area (Å²) >= 11 is 0. The quantitative estimate of drug-likeness (QED) is 0.910. The zero-order chi connectivity index (χ0) is 15.7. The topological polar surface area (TPSA) is 66.8 Å². The number of aliphatic carboxylic acids is 1. The van der Waals surface area contributed by atoms with E-state index in [9.17, 15) is 9.90 Å². The first-order chi connectivity index (χ1) is 10.6. The summed E-state index contributed by atoms with van der Waals surface area (Å²) in [6.45, 7) is 0. The average molecular weight is 298 g/mol. The molecule has 0 bridgehead atoms. The van der Waals surface area contributed by atoms with Crippen molar-refractivity contribution in [2.45, 2.75) is 25.4 Å². The number of aliphatic hydroxyl groups is 1. The molecule has 4 heteroatoms. The van der Waals surface area contributed by atoms with Gasteiger partial charge in [0.2, 0.25) is 0 Å². The third kappa shape index (κ3) is 2.70. The fourth-order valence-electron chi connectivity index (χ4n) is 3.03. The van der Waals surface area contributed by atoms with E-state index in [0.29, 0.717) is 5.75 Å². The molecule has 0 aromatic heterocycles. The first-order valence-corrected chi connectivity index (χ1v) is 7.28. The molecule has 1 aliphatic carbocycles. The van der Waals surface area contributed by atoms with Gasteiger partial charge in [0.15, 0.2) is 0 Å². The number of ether oxygens (including phenoxy) is 1. The van der Waals surface area contributed by atoms with Crippen LogP contribution in [0.15, 0.2) is 36.4 Å². The Kier molecular flexibility index (Phi) is 3.86. The Morgan fingerprint density at radius 3 is 2.82 bits per heavy atom. The first-order valence-electron chi connectivity index (χ1n) is 7.28. The van der Waals surface area contributed by atoms with Crippen molar-refractivity contribution < 1.29 is 19.7 Å². The van der Waals surface area contributed by atoms with Gasteiger partial charge in [-0.3, -0.25) is 4.79 Å². The van der Waals surface area contributed by atoms with Gasteiger partial charge in [-0.25, -0.2) is 0 Å². The molecule has 0 aliphatic heterocycles. The Morgan fingerprint density at radius 1 is 1.27 bits per heavy atom. The van der Waals surface area contributed by atoms with Crippen LogP contribution in [0.3, 0.4) is 0 Å². The number of hydrogen-bond acceptors (Lipinski definition) is 3. The van der Waals surface area contributed by atoms with E-state index in [2.05, 4.69) is 0 Å². The molecule has 0 radical (unpaired) electrons. The number of hydrogen-bond donors (Lipinski definition) is 2. The van der Waals surface area contributed by atoms with Gasteiger partial charge in [-0.15, -0.1) is 0 Å². The normalized spacial score (nSPS) is 16.4. The van der Waals surface area contributed by atoms with Crippen molar-refractivity contribution in [3.8, 4) is 16.9 Å². The van der Waals surface area contributed by atoms with Crippen LogP contribution in [0.25, 0.3) is 11.1 Å². The van der Waals surface area contributed by atoms with E-state index in [1.807, 2.05) is 24.3 Å². The van der Waals surface area contributed by atoms with Crippen LogP contribution < -0.4 is 4.74 Å². The number of carboxylic acids is 1. The average Bonchev–Trinajstić information content (AvgIpc) is 2.88. The number of aryl methyl sites for hydroxylation is 1. The second-order valence-electron chi connectivity index (χ2n) is 5.56. The van der Waals surface area contributed by atoms with Crippen LogP contribution in [0, 0.1) is 0 Å². The highest BCUT2D eigenvalue weighted by Gasteiger charge is 2.21. The third-order valence-electron chi connectivity index (χ3n) is 4.16. The van der Waals surface area contributed by atoms with Gasteiger partial charge in [0.1, 0.15) is 5.75 Å². The molecule has 3 rings (SSSR count). The second-order valence-corrected chi connectivity index (χ2v) is 5.56. The highest BCUT2D eigenvalue weighted by atomic mass is 16.5. The molecule has 0 heterocycles. The van der Waals surface area contributed by atoms with Crippen LogP contribution in [0.4, 0.5) is 0 Å². The Bertz CT molecular complexity index is 721. The van der Waals surface area contributed by atoms with E-state index in [-0.39, 0.29) is 12.5 Å². The minimum atomic E-state index is -0.858. The monoisotopic (exact) mass is 298 g/mol. The number of aliphatic hydroxyl groups excluding tert-OH is 1. The molecular formula is C18H18O4. The summed E-state index contributed by atoms with van der Waals surface area (Å²) in [5, 5.41) is 19.0. The summed E-state index contributed by atoms with van der Waals surface area (Å²) in [4.78, 5) is 11.1. The molecule has 0 saturated carbocycles. The molecule has 114 valence electrons. The van der Waals surface area contributed by atoms with E-state index in [1.54, 1.807) is 19.2 Å². The lowest BCUT2D eigenvalue weighted by atomic mass is 9.94. The maximum Gasteiger partial charge on any atom is 0.307 e. The van der Waals surface area contributed by atoms with Crippen LogP contribution >= 0.6 is 0 Å². The second kappa shape index (κ2) is 5.81. The van der Waals surface area contributed by atoms with Crippen molar-refractivity contribution in [3.63, 3.8) is 0 Å². The van der Waals surface area contributed by atoms with Gasteiger partial charge >= 0.3 is 5.97 Å². The zero-order valence-electron chi connectivity index (χ0n) is 12.4. The molecule has 0 amide bonds. The van der Waals surface area contributed by atoms with Crippen LogP contribution in [0.2, 0.25) is 0 Å². The molecule has 2 aromatic carbocycles. The van der Waals surface area contributed by atoms with Gasteiger partial charge < -0.3 is 14.9 Å². The van der Waals surface area contributed by atoms with Crippen LogP contribution in [0.5, 0.6) is 5.75 Å². The molecule has 0 saturated heterocycles. The van der Waals surface area contributed by atoms with Crippen LogP contribution in [0.1, 0.15) is 29.2 Å². The van der Waals surface area contributed by atoms with Crippen LogP contribution in [-0.2, 0) is 17.6 Å². The molecular weight excluding hydrogens is 280 g/mol. The van der Waals surface area contributed by atoms with Crippen molar-refractivity contribution >= 4 is 5.97 Å². The van der Waals surface area contributed by atoms with Crippen molar-refractivity contribution in [2.24, 2.45) is 0 Å². The van der Waals surface area contributed by atoms with E-state index in [4.69, 9.17) is 9.84 Å². The zero-order valence-corrected chi connectivity index (χ0v) is 12.4. The van der Waals surface area contributed by atoms with Gasteiger partial charge in [0.05, 0.1) is 19.6 Å². The number of rotatable bonds is 4. The number of fused-ring (bicyclic) bond motifs is 1. The van der Waals surface area contributed by atoms with Crippen molar-refractivity contribution in [1.29, 1.82) is 0 Å². The molecule has 1 aliphatic rings. The van der Waals surface area contributed by atoms with E-state index < -0.39 is 5.97 Å². The lowest BCUT2D eigenvalue weighted by Crippen LogP contribution is -2.02. The largest absolute Gasteiger partial charge is 0.497 e. The van der Waals surface area contributed by atoms with Crippen molar-refractivity contribution in [2.75, 3.05) is 7.11 Å². The summed E-state index contributed by atoms with van der Waals surface area (Å²) < 4.78 is 5.26. The highest BCUT2D eigenvalue weighted by molar-refractivity contribution is 5.78. The SMILES string of the molecule is COc1ccc(CC(=O)O)c(-c2ccc3c(c2)CC[C@H]3O)c1. The molecule has 22 heavy (non-hydrogen) atoms. The minimum Gasteiger partial charge on any atom is -0.497 e. The predicted molar refractivity (Wildman–Crippen MR) is 83.1 cm³/mol. The van der Waals surface area contributed by atoms with Gasteiger partial charge in [0, 0.05) is 0 Å². The maximum atomic E-state index is 11.1. The van der Waals surface area contributed by atoms with Gasteiger partial charge in [0.25, 0.3) is 0 Å². The van der Waals surface area contributed by atoms with Gasteiger partial charge in [-0.1, -0.05) is 24.3 Å². The summed E-state index contributed by atoms with van der Waals surface area (Å²) in [7, 11) is 1.59. The van der Waals surface area contributed by atoms with E-state index >= 15 is 0 Å². The fourth-order valence-corrected chi connectivity index (χ4v) is 3.03. The highest BCUT2D eigenvalue weighted by Crippen LogP contribution is 2.36. The fraction of sp³-hybridized carbons (Fsp3) is 0.278. The van der Waals surface area contributed by atoms with Crippen molar-refractivity contribution in [3.05, 3.63) is 53.1 Å². The summed E-state index contributed by atoms with van der Waals surface area (Å²) in [6, 6.07) is 11.4. The van der Waals surface area contributed by atoms with Gasteiger partial charge in [-0.2, -0.15) is 0 Å². The molecule has 2 aromatic rings. The lowest BCUT2D eigenvalue weighted by molar-refractivity contribution is -0.136. The van der Waals surface area contributed by atoms with Gasteiger partial charge in [-0.05, 0) is 52.8 Å². The summed E-state index contributed by atoms with van der Waals surface area (Å²) in [5.41, 5.74) is 4.70. The van der Waals surface area contributed by atoms with E-state index in [0.717, 1.165) is 40.7 Å². The molecule has 2 N–H and O–H groups in total. The number of benzene rings is 2. The maximum absolute atomic E-state index is 11.1. The van der Waals surface area contributed by atoms with E-state index in [1.165, 1.54) is 0 Å². The Balaban J connectivity index is 2.08. The standard InChI is InChI=1S/C18H18O4/c1-22-14-5-2-13(9-18(20)21)16(10-14)12-3-6-15-11(8-12)4-7-17(15)19/h2-3,5-6,8,10,17,19H,4,7,9H2,1H3,(H,20,21)/t17-/m1/s1. The molecule has 4 nitrogen and oxygen atoms in total. The Morgan fingerprint density at radius 2 is 2.09 bits per heavy atom. The molecule has 0 fully saturated rings. The van der Waals surface area contributed by atoms with Crippen LogP contribution in [-0.4, -0.2) is 23.3 Å².